The Morgan fingerprint density at radius 3 is 1.00 bits per heavy atom. The maximum absolute atomic E-state index is 13.2. The molecular weight excluding hydrogens is 301 g/mol. The number of hydrogen-bond acceptors (Lipinski definition) is 2. The third-order valence-corrected chi connectivity index (χ3v) is 10.1. The number of rotatable bonds is 3. The number of alkyl halides is 3. The second kappa shape index (κ2) is 7.05. The normalized spacial score (nSPS) is 13.8. The predicted octanol–water partition coefficient (Wildman–Crippen LogP) is 4.11. The van der Waals surface area contributed by atoms with Gasteiger partial charge in [-0.25, -0.2) is 0 Å². The van der Waals surface area contributed by atoms with Gasteiger partial charge in [-0.15, -0.1) is 0 Å². The van der Waals surface area contributed by atoms with Crippen molar-refractivity contribution in [3.8, 4) is 0 Å². The molecule has 0 spiro atoms. The second-order valence-corrected chi connectivity index (χ2v) is 12.1. The van der Waals surface area contributed by atoms with Crippen LogP contribution in [0.3, 0.4) is 0 Å². The van der Waals surface area contributed by atoms with Gasteiger partial charge in [0.25, 0.3) is 0 Å². The van der Waals surface area contributed by atoms with E-state index < -0.39 is 24.3 Å². The van der Waals surface area contributed by atoms with Crippen molar-refractivity contribution in [3.05, 3.63) is 0 Å². The lowest BCUT2D eigenvalue weighted by Gasteiger charge is -2.43. The smallest absolute Gasteiger partial charge is 0.264 e. The van der Waals surface area contributed by atoms with Crippen LogP contribution in [0.4, 0.5) is 13.2 Å². The maximum atomic E-state index is 13.2. The van der Waals surface area contributed by atoms with Crippen LogP contribution in [-0.4, -0.2) is 31.4 Å². The molecule has 0 aliphatic carbocycles. The molecule has 0 fully saturated rings. The maximum Gasteiger partial charge on any atom is 0.394 e. The molecule has 0 rings (SSSR count). The lowest BCUT2D eigenvalue weighted by Crippen LogP contribution is -2.57. The molecule has 0 aliphatic rings. The monoisotopic (exact) mass is 324 g/mol. The summed E-state index contributed by atoms with van der Waals surface area (Å²) in [6.07, 6.45) is 0. The summed E-state index contributed by atoms with van der Waals surface area (Å²) in [6.45, 7) is 10.3. The topological polar surface area (TPSA) is 74.6 Å². The molecule has 0 unspecified atom stereocenters. The van der Waals surface area contributed by atoms with Crippen LogP contribution in [0, 0.1) is 0 Å². The molecule has 0 bridgehead atoms. The van der Waals surface area contributed by atoms with Crippen molar-refractivity contribution in [2.24, 2.45) is 0 Å². The molecule has 0 saturated carbocycles. The van der Waals surface area contributed by atoms with Crippen molar-refractivity contribution < 1.29 is 30.7 Å². The van der Waals surface area contributed by atoms with E-state index in [-0.39, 0.29) is 16.6 Å². The van der Waals surface area contributed by atoms with Gasteiger partial charge in [-0.2, -0.15) is 21.6 Å². The SMILES string of the molecule is CC(C)[Si](C(C)C)(C(C)C)C(F)(F)F.O=S(=O)(O)O. The molecule has 0 radical (unpaired) electrons. The highest BCUT2D eigenvalue weighted by atomic mass is 32.3. The average Bonchev–Trinajstić information content (AvgIpc) is 1.93. The van der Waals surface area contributed by atoms with Crippen LogP contribution in [-0.2, 0) is 10.4 Å². The third-order valence-electron chi connectivity index (χ3n) is 3.36. The zero-order valence-corrected chi connectivity index (χ0v) is 13.8. The minimum Gasteiger partial charge on any atom is -0.264 e. The predicted molar refractivity (Wildman–Crippen MR) is 71.3 cm³/mol. The first kappa shape index (κ1) is 21.2. The molecular formula is C10H23F3O4SSi. The highest BCUT2D eigenvalue weighted by Gasteiger charge is 2.62. The van der Waals surface area contributed by atoms with Crippen LogP contribution in [0.15, 0.2) is 0 Å². The van der Waals surface area contributed by atoms with Gasteiger partial charge in [0.05, 0.1) is 0 Å². The van der Waals surface area contributed by atoms with E-state index in [2.05, 4.69) is 0 Å². The summed E-state index contributed by atoms with van der Waals surface area (Å²) in [6, 6.07) is 0. The standard InChI is InChI=1S/C10H21F3Si.H2O4S/c1-7(2)14(8(3)4,9(5)6)10(11,12)13;1-5(2,3)4/h7-9H,1-6H3;(H2,1,2,3,4). The van der Waals surface area contributed by atoms with E-state index in [0.717, 1.165) is 0 Å². The van der Waals surface area contributed by atoms with Gasteiger partial charge >= 0.3 is 16.2 Å². The first-order chi connectivity index (χ1) is 8.08. The van der Waals surface area contributed by atoms with Gasteiger partial charge in [0.1, 0.15) is 0 Å². The molecule has 19 heavy (non-hydrogen) atoms. The summed E-state index contributed by atoms with van der Waals surface area (Å²) in [5, 5.41) is 0. The summed E-state index contributed by atoms with van der Waals surface area (Å²) in [5.74, 6) is -3.98. The summed E-state index contributed by atoms with van der Waals surface area (Å²) < 4.78 is 71.2. The molecule has 0 aliphatic heterocycles. The van der Waals surface area contributed by atoms with E-state index >= 15 is 0 Å². The van der Waals surface area contributed by atoms with E-state index in [1.54, 1.807) is 41.5 Å². The molecule has 0 atom stereocenters. The van der Waals surface area contributed by atoms with Crippen molar-refractivity contribution in [3.63, 3.8) is 0 Å². The Kier molecular flexibility index (Phi) is 7.86. The van der Waals surface area contributed by atoms with E-state index in [1.807, 2.05) is 0 Å². The van der Waals surface area contributed by atoms with Crippen LogP contribution < -0.4 is 0 Å². The summed E-state index contributed by atoms with van der Waals surface area (Å²) in [5.41, 5.74) is -0.743. The number of hydrogen-bond donors (Lipinski definition) is 2. The Morgan fingerprint density at radius 1 is 0.842 bits per heavy atom. The second-order valence-electron chi connectivity index (χ2n) is 5.34. The van der Waals surface area contributed by atoms with E-state index in [9.17, 15) is 13.2 Å². The summed E-state index contributed by atoms with van der Waals surface area (Å²) in [7, 11) is -7.90. The van der Waals surface area contributed by atoms with Gasteiger partial charge in [0.15, 0.2) is 8.07 Å². The Morgan fingerprint density at radius 2 is 1.00 bits per heavy atom. The van der Waals surface area contributed by atoms with Gasteiger partial charge in [0, 0.05) is 0 Å². The summed E-state index contributed by atoms with van der Waals surface area (Å²) >= 11 is 0. The van der Waals surface area contributed by atoms with E-state index in [1.165, 1.54) is 0 Å². The quantitative estimate of drug-likeness (QED) is 0.605. The van der Waals surface area contributed by atoms with Gasteiger partial charge in [-0.05, 0) is 16.6 Å². The zero-order valence-electron chi connectivity index (χ0n) is 12.0. The molecule has 9 heteroatoms. The Labute approximate surface area is 114 Å². The fourth-order valence-corrected chi connectivity index (χ4v) is 8.95. The molecule has 118 valence electrons. The van der Waals surface area contributed by atoms with Crippen molar-refractivity contribution in [1.29, 1.82) is 0 Å². The van der Waals surface area contributed by atoms with E-state index in [4.69, 9.17) is 17.5 Å². The van der Waals surface area contributed by atoms with Crippen molar-refractivity contribution in [2.75, 3.05) is 0 Å². The van der Waals surface area contributed by atoms with Crippen LogP contribution in [0.5, 0.6) is 0 Å². The third kappa shape index (κ3) is 6.24. The molecule has 4 nitrogen and oxygen atoms in total. The van der Waals surface area contributed by atoms with Crippen LogP contribution in [0.25, 0.3) is 0 Å². The Balaban J connectivity index is 0. The molecule has 0 aromatic heterocycles. The van der Waals surface area contributed by atoms with Gasteiger partial charge in [0.2, 0.25) is 0 Å². The highest BCUT2D eigenvalue weighted by molar-refractivity contribution is 7.79. The fraction of sp³-hybridized carbons (Fsp3) is 1.00. The van der Waals surface area contributed by atoms with Gasteiger partial charge in [-0.3, -0.25) is 9.11 Å². The first-order valence-corrected chi connectivity index (χ1v) is 9.47. The van der Waals surface area contributed by atoms with Gasteiger partial charge < -0.3 is 0 Å². The number of halogens is 3. The highest BCUT2D eigenvalue weighted by Crippen LogP contribution is 2.51. The lowest BCUT2D eigenvalue weighted by molar-refractivity contribution is -0.0615. The van der Waals surface area contributed by atoms with Crippen LogP contribution in [0.1, 0.15) is 41.5 Å². The summed E-state index contributed by atoms with van der Waals surface area (Å²) in [4.78, 5) is 0. The fourth-order valence-electron chi connectivity index (χ4n) is 2.98. The van der Waals surface area contributed by atoms with Crippen molar-refractivity contribution >= 4 is 18.5 Å². The van der Waals surface area contributed by atoms with Crippen molar-refractivity contribution in [2.45, 2.75) is 64.0 Å². The molecule has 0 aromatic rings. The average molecular weight is 324 g/mol. The zero-order chi connectivity index (χ0) is 16.2. The Hall–Kier alpha value is -0.123. The lowest BCUT2D eigenvalue weighted by atomic mass is 10.5. The largest absolute Gasteiger partial charge is 0.394 e. The van der Waals surface area contributed by atoms with E-state index in [0.29, 0.717) is 0 Å². The van der Waals surface area contributed by atoms with Gasteiger partial charge in [-0.1, -0.05) is 41.5 Å². The Bertz CT molecular complexity index is 334. The minimum atomic E-state index is -4.67. The van der Waals surface area contributed by atoms with Crippen molar-refractivity contribution in [1.82, 2.24) is 0 Å². The molecule has 0 saturated heterocycles. The molecule has 2 N–H and O–H groups in total. The molecule has 0 amide bonds. The molecule has 0 aromatic carbocycles. The van der Waals surface area contributed by atoms with Crippen LogP contribution in [0.2, 0.25) is 16.6 Å². The first-order valence-electron chi connectivity index (χ1n) is 5.85. The molecule has 0 heterocycles. The minimum absolute atomic E-state index is 0.248. The van der Waals surface area contributed by atoms with Crippen LogP contribution >= 0.6 is 0 Å².